The maximum Gasteiger partial charge on any atom is 0.329 e. The van der Waals surface area contributed by atoms with Crippen molar-refractivity contribution < 1.29 is 67.0 Å². The van der Waals surface area contributed by atoms with Crippen molar-refractivity contribution in [1.82, 2.24) is 4.90 Å². The number of amides is 1. The van der Waals surface area contributed by atoms with Crippen LogP contribution in [0, 0.1) is 35.5 Å². The second-order valence-corrected chi connectivity index (χ2v) is 23.6. The highest BCUT2D eigenvalue weighted by atomic mass is 31.2. The molecule has 390 valence electrons. The van der Waals surface area contributed by atoms with Crippen molar-refractivity contribution in [2.45, 2.75) is 180 Å². The molecule has 3 aliphatic heterocycles. The number of piperidine rings is 1. The fraction of sp³-hybridized carbons (Fsp3) is 0.755. The zero-order valence-corrected chi connectivity index (χ0v) is 44.3. The first-order valence-corrected chi connectivity index (χ1v) is 27.7. The summed E-state index contributed by atoms with van der Waals surface area (Å²) >= 11 is 0. The maximum atomic E-state index is 14.5. The number of hydrogen-bond acceptors (Lipinski definition) is 14. The number of carbonyl (C=O) groups excluding carboxylic acids is 5. The van der Waals surface area contributed by atoms with E-state index < -0.39 is 85.1 Å². The normalized spacial score (nSPS) is 37.8. The van der Waals surface area contributed by atoms with E-state index in [-0.39, 0.29) is 60.9 Å². The quantitative estimate of drug-likeness (QED) is 0.104. The molecule has 69 heavy (non-hydrogen) atoms. The highest BCUT2D eigenvalue weighted by Crippen LogP contribution is 2.45. The number of esters is 1. The van der Waals surface area contributed by atoms with Crippen LogP contribution >= 0.6 is 7.37 Å². The summed E-state index contributed by atoms with van der Waals surface area (Å²) in [4.78, 5) is 72.2. The standard InChI is InChI=1S/C53H84NO14P/c1-32-18-14-13-15-19-33(2)44(63-8)30-40-23-21-38(7)53(61,67-40)50(58)51(59)54-25-17-16-20-41(54)52(60)66-45(35(4)28-39-22-24-43(46(29-39)64-9)68-69(11,12)62)31-42(55)34(3)27-37(6)48(57)49(65-10)47(56)36(5)26-32/h13-15,18-19,27,32,34-36,38-41,43-46,48-49,57,61H,16-17,20-26,28-31H2,1-12H3/b15-13?,18-14-,33-19?,37-27-/t32-,34-,35-,36-,38-,39+,40+,41+,43-,44+,45+,46-,48-,49+,53-/m1/s1. The molecule has 0 aromatic heterocycles. The molecule has 2 saturated heterocycles. The van der Waals surface area contributed by atoms with Gasteiger partial charge in [0.15, 0.2) is 13.2 Å². The van der Waals surface area contributed by atoms with Crippen LogP contribution in [0.5, 0.6) is 0 Å². The fourth-order valence-corrected chi connectivity index (χ4v) is 11.4. The summed E-state index contributed by atoms with van der Waals surface area (Å²) < 4.78 is 48.2. The molecule has 15 atom stereocenters. The van der Waals surface area contributed by atoms with E-state index in [2.05, 4.69) is 0 Å². The Hall–Kier alpha value is -3.14. The third kappa shape index (κ3) is 16.2. The number of fused-ring (bicyclic) bond motifs is 3. The highest BCUT2D eigenvalue weighted by molar-refractivity contribution is 7.57. The van der Waals surface area contributed by atoms with Crippen molar-refractivity contribution in [1.29, 1.82) is 0 Å². The molecule has 2 bridgehead atoms. The predicted molar refractivity (Wildman–Crippen MR) is 263 cm³/mol. The third-order valence-electron chi connectivity index (χ3n) is 14.8. The number of aliphatic hydroxyl groups excluding tert-OH is 1. The number of rotatable bonds is 8. The van der Waals surface area contributed by atoms with Gasteiger partial charge in [0.25, 0.3) is 11.7 Å². The van der Waals surface area contributed by atoms with E-state index in [1.807, 2.05) is 58.1 Å². The van der Waals surface area contributed by atoms with E-state index in [1.54, 1.807) is 54.4 Å². The van der Waals surface area contributed by atoms with Crippen molar-refractivity contribution in [3.8, 4) is 0 Å². The lowest BCUT2D eigenvalue weighted by molar-refractivity contribution is -0.265. The molecule has 0 unspecified atom stereocenters. The molecule has 16 heteroatoms. The van der Waals surface area contributed by atoms with Gasteiger partial charge in [0.1, 0.15) is 30.1 Å². The van der Waals surface area contributed by atoms with Crippen molar-refractivity contribution in [3.63, 3.8) is 0 Å². The summed E-state index contributed by atoms with van der Waals surface area (Å²) in [6, 6.07) is -1.16. The van der Waals surface area contributed by atoms with Gasteiger partial charge in [-0.05, 0) is 107 Å². The molecule has 0 radical (unpaired) electrons. The molecule has 0 spiro atoms. The number of nitrogens with zero attached hydrogens (tertiary/aromatic N) is 1. The van der Waals surface area contributed by atoms with Gasteiger partial charge >= 0.3 is 5.97 Å². The summed E-state index contributed by atoms with van der Waals surface area (Å²) in [6.07, 6.45) is 11.4. The molecule has 0 aromatic rings. The fourth-order valence-electron chi connectivity index (χ4n) is 10.5. The number of hydrogen-bond donors (Lipinski definition) is 2. The molecule has 4 rings (SSSR count). The van der Waals surface area contributed by atoms with Gasteiger partial charge < -0.3 is 43.3 Å². The molecule has 3 fully saturated rings. The molecule has 1 aliphatic carbocycles. The number of allylic oxidation sites excluding steroid dienone is 6. The Balaban J connectivity index is 1.70. The van der Waals surface area contributed by atoms with E-state index in [9.17, 15) is 38.8 Å². The van der Waals surface area contributed by atoms with Gasteiger partial charge in [-0.1, -0.05) is 71.1 Å². The Morgan fingerprint density at radius 3 is 2.22 bits per heavy atom. The lowest BCUT2D eigenvalue weighted by atomic mass is 9.78. The molecule has 4 aliphatic rings. The molecule has 3 heterocycles. The zero-order valence-electron chi connectivity index (χ0n) is 43.4. The van der Waals surface area contributed by atoms with Crippen LogP contribution in [0.1, 0.15) is 126 Å². The number of carbonyl (C=O) groups is 5. The Bertz CT molecular complexity index is 1940. The van der Waals surface area contributed by atoms with Gasteiger partial charge in [-0.3, -0.25) is 23.7 Å². The average molecular weight is 990 g/mol. The lowest BCUT2D eigenvalue weighted by Gasteiger charge is -2.42. The lowest BCUT2D eigenvalue weighted by Crippen LogP contribution is -2.61. The van der Waals surface area contributed by atoms with Gasteiger partial charge in [0.05, 0.1) is 24.4 Å². The van der Waals surface area contributed by atoms with Gasteiger partial charge in [-0.25, -0.2) is 4.79 Å². The molecule has 15 nitrogen and oxygen atoms in total. The molecule has 0 aromatic carbocycles. The Kier molecular flexibility index (Phi) is 22.5. The van der Waals surface area contributed by atoms with Crippen LogP contribution < -0.4 is 0 Å². The Morgan fingerprint density at radius 1 is 0.855 bits per heavy atom. The monoisotopic (exact) mass is 990 g/mol. The topological polar surface area (TPSA) is 201 Å². The second kappa shape index (κ2) is 26.5. The molecular formula is C53H84NO14P. The van der Waals surface area contributed by atoms with E-state index in [0.29, 0.717) is 63.4 Å². The number of aliphatic hydroxyl groups is 2. The van der Waals surface area contributed by atoms with Crippen molar-refractivity contribution >= 4 is 36.6 Å². The Morgan fingerprint density at radius 2 is 1.57 bits per heavy atom. The number of Topliss-reactive ketones (excluding diaryl/α,β-unsaturated/α-hetero) is 3. The minimum atomic E-state index is -2.79. The smallest absolute Gasteiger partial charge is 0.329 e. The summed E-state index contributed by atoms with van der Waals surface area (Å²) in [5.41, 5.74) is 1.25. The number of ketones is 3. The third-order valence-corrected chi connectivity index (χ3v) is 15.6. The van der Waals surface area contributed by atoms with E-state index in [0.717, 1.165) is 12.0 Å². The number of ether oxygens (including phenoxy) is 5. The van der Waals surface area contributed by atoms with Gasteiger partial charge in [0.2, 0.25) is 5.79 Å². The van der Waals surface area contributed by atoms with Crippen molar-refractivity contribution in [3.05, 3.63) is 47.6 Å². The van der Waals surface area contributed by atoms with Gasteiger partial charge in [0, 0.05) is 71.8 Å². The minimum Gasteiger partial charge on any atom is -0.460 e. The van der Waals surface area contributed by atoms with Crippen LogP contribution in [-0.2, 0) is 56.7 Å². The average Bonchev–Trinajstić information content (AvgIpc) is 3.30. The van der Waals surface area contributed by atoms with Crippen LogP contribution in [0.15, 0.2) is 47.6 Å². The van der Waals surface area contributed by atoms with E-state index >= 15 is 0 Å². The summed E-state index contributed by atoms with van der Waals surface area (Å²) in [5.74, 6) is -8.11. The van der Waals surface area contributed by atoms with Crippen LogP contribution in [0.3, 0.4) is 0 Å². The number of methoxy groups -OCH3 is 3. The molecule has 2 N–H and O–H groups in total. The first kappa shape index (κ1) is 58.4. The van der Waals surface area contributed by atoms with E-state index in [1.165, 1.54) is 12.0 Å². The zero-order chi connectivity index (χ0) is 51.4. The van der Waals surface area contributed by atoms with Gasteiger partial charge in [-0.15, -0.1) is 0 Å². The maximum absolute atomic E-state index is 14.5. The van der Waals surface area contributed by atoms with Crippen LogP contribution in [0.25, 0.3) is 0 Å². The first-order chi connectivity index (χ1) is 32.4. The first-order valence-electron chi connectivity index (χ1n) is 25.2. The van der Waals surface area contributed by atoms with Crippen molar-refractivity contribution in [2.24, 2.45) is 35.5 Å². The molecular weight excluding hydrogens is 906 g/mol. The largest absolute Gasteiger partial charge is 0.460 e. The molecule has 1 amide bonds. The van der Waals surface area contributed by atoms with Crippen LogP contribution in [-0.4, -0.2) is 140 Å². The molecule has 1 saturated carbocycles. The van der Waals surface area contributed by atoms with Crippen molar-refractivity contribution in [2.75, 3.05) is 41.2 Å². The summed E-state index contributed by atoms with van der Waals surface area (Å²) in [5, 5.41) is 23.5. The SMILES string of the molecule is CO[C@H]1C[C@@H]2CC[C@@H](C)[C@@](O)(O2)C(=O)C(=O)N2CCCC[C@H]2C(=O)O[C@H]([C@H](C)C[C@@H]2CC[C@@H](OP(C)(C)=O)[C@H](OC)C2)CC(=O)[C@H](C)/C=C(/C)[C@@H](O)[C@@H](OC)C(=O)[C@H](C)C[C@H](C)/C=C\C=CC=C1C. The Labute approximate surface area is 411 Å². The summed E-state index contributed by atoms with van der Waals surface area (Å²) in [7, 11) is 1.76. The summed E-state index contributed by atoms with van der Waals surface area (Å²) in [6.45, 7) is 15.9. The highest BCUT2D eigenvalue weighted by Gasteiger charge is 2.53. The second-order valence-electron chi connectivity index (χ2n) is 20.9. The van der Waals surface area contributed by atoms with Gasteiger partial charge in [-0.2, -0.15) is 0 Å². The predicted octanol–water partition coefficient (Wildman–Crippen LogP) is 7.74. The number of cyclic esters (lactones) is 1. The van der Waals surface area contributed by atoms with E-state index in [4.69, 9.17) is 28.2 Å². The minimum absolute atomic E-state index is 0.0117. The van der Waals surface area contributed by atoms with Crippen LogP contribution in [0.2, 0.25) is 0 Å². The van der Waals surface area contributed by atoms with Crippen LogP contribution in [0.4, 0.5) is 0 Å².